The number of carbonyl (C=O) groups excluding carboxylic acids is 1. The van der Waals surface area contributed by atoms with Crippen LogP contribution in [0.2, 0.25) is 0 Å². The highest BCUT2D eigenvalue weighted by molar-refractivity contribution is 7.99. The Hall–Kier alpha value is -2.01. The topological polar surface area (TPSA) is 29.5 Å². The van der Waals surface area contributed by atoms with Crippen LogP contribution in [0.15, 0.2) is 41.3 Å². The summed E-state index contributed by atoms with van der Waals surface area (Å²) in [5.41, 5.74) is 2.13. The van der Waals surface area contributed by atoms with E-state index in [-0.39, 0.29) is 11.7 Å². The van der Waals surface area contributed by atoms with E-state index in [0.717, 1.165) is 66.2 Å². The molecule has 3 rings (SSSR count). The number of hydrogen-bond acceptors (Lipinski definition) is 3. The Kier molecular flexibility index (Phi) is 10.1. The van der Waals surface area contributed by atoms with Crippen molar-refractivity contribution in [2.24, 2.45) is 5.41 Å². The predicted octanol–water partition coefficient (Wildman–Crippen LogP) is 8.31. The molecule has 32 heavy (non-hydrogen) atoms. The van der Waals surface area contributed by atoms with Crippen LogP contribution in [0.4, 0.5) is 15.8 Å². The number of rotatable bonds is 8. The van der Waals surface area contributed by atoms with Crippen LogP contribution < -0.4 is 9.64 Å². The number of anilines is 2. The summed E-state index contributed by atoms with van der Waals surface area (Å²) in [5.74, 6) is 1.40. The molecule has 0 aromatic heterocycles. The first-order valence-electron chi connectivity index (χ1n) is 11.9. The molecule has 0 radical (unpaired) electrons. The van der Waals surface area contributed by atoms with Gasteiger partial charge in [-0.15, -0.1) is 11.8 Å². The zero-order valence-electron chi connectivity index (χ0n) is 20.5. The summed E-state index contributed by atoms with van der Waals surface area (Å²) in [4.78, 5) is 17.0. The van der Waals surface area contributed by atoms with Gasteiger partial charge in [-0.25, -0.2) is 4.39 Å². The first-order valence-corrected chi connectivity index (χ1v) is 12.9. The summed E-state index contributed by atoms with van der Waals surface area (Å²) >= 11 is 1.74. The molecule has 0 unspecified atom stereocenters. The van der Waals surface area contributed by atoms with Crippen LogP contribution in [0.3, 0.4) is 0 Å². The molecule has 1 aliphatic rings. The van der Waals surface area contributed by atoms with Crippen molar-refractivity contribution in [3.8, 4) is 5.75 Å². The first kappa shape index (κ1) is 26.2. The molecular weight excluding hydrogens is 421 g/mol. The lowest BCUT2D eigenvalue weighted by molar-refractivity contribution is -0.127. The molecule has 1 aliphatic heterocycles. The number of benzene rings is 2. The molecule has 0 saturated carbocycles. The third kappa shape index (κ3) is 5.67. The number of fused-ring (bicyclic) bond motifs is 1. The highest BCUT2D eigenvalue weighted by atomic mass is 32.2. The lowest BCUT2D eigenvalue weighted by Gasteiger charge is -2.35. The summed E-state index contributed by atoms with van der Waals surface area (Å²) in [5, 5.41) is 0. The van der Waals surface area contributed by atoms with Crippen molar-refractivity contribution in [2.75, 3.05) is 17.8 Å². The average Bonchev–Trinajstić information content (AvgIpc) is 2.92. The molecule has 0 fully saturated rings. The van der Waals surface area contributed by atoms with E-state index in [4.69, 9.17) is 4.74 Å². The van der Waals surface area contributed by atoms with Gasteiger partial charge < -0.3 is 4.74 Å². The quantitative estimate of drug-likeness (QED) is 0.397. The maximum absolute atomic E-state index is 14.2. The summed E-state index contributed by atoms with van der Waals surface area (Å²) in [6.07, 6.45) is 5.90. The van der Waals surface area contributed by atoms with Gasteiger partial charge in [0.05, 0.1) is 18.2 Å². The molecule has 0 spiro atoms. The van der Waals surface area contributed by atoms with Crippen LogP contribution in [-0.2, 0) is 4.79 Å². The second-order valence-electron chi connectivity index (χ2n) is 8.18. The molecule has 0 N–H and O–H groups in total. The summed E-state index contributed by atoms with van der Waals surface area (Å²) in [6.45, 7) is 10.3. The molecule has 5 heteroatoms. The van der Waals surface area contributed by atoms with Gasteiger partial charge in [-0.2, -0.15) is 0 Å². The molecule has 3 nitrogen and oxygen atoms in total. The summed E-state index contributed by atoms with van der Waals surface area (Å²) in [6, 6.07) is 10.3. The molecule has 1 heterocycles. The average molecular weight is 460 g/mol. The van der Waals surface area contributed by atoms with Gasteiger partial charge in [0, 0.05) is 16.3 Å². The van der Waals surface area contributed by atoms with E-state index in [9.17, 15) is 9.18 Å². The van der Waals surface area contributed by atoms with Crippen molar-refractivity contribution in [3.63, 3.8) is 0 Å². The molecule has 176 valence electrons. The minimum atomic E-state index is -0.425. The standard InChI is InChI=1S/C25H32FNO2S.C2H6/c1-5-7-13-25(14-8-6-2)17-30-23-16-22(29-4)18(3)15-21(23)27(24(25)28)20-11-9-19(26)10-12-20;1-2/h9-12,15-16H,5-8,13-14,17H2,1-4H3;1-2H3. The van der Waals surface area contributed by atoms with Crippen LogP contribution in [0.25, 0.3) is 0 Å². The molecule has 0 aliphatic carbocycles. The van der Waals surface area contributed by atoms with Gasteiger partial charge >= 0.3 is 0 Å². The number of ether oxygens (including phenoxy) is 1. The number of aryl methyl sites for hydroxylation is 1. The zero-order chi connectivity index (χ0) is 23.7. The van der Waals surface area contributed by atoms with E-state index >= 15 is 0 Å². The van der Waals surface area contributed by atoms with Gasteiger partial charge in [-0.3, -0.25) is 9.69 Å². The fourth-order valence-corrected chi connectivity index (χ4v) is 5.48. The minimum absolute atomic E-state index is 0.131. The third-order valence-electron chi connectivity index (χ3n) is 5.98. The van der Waals surface area contributed by atoms with E-state index in [1.54, 1.807) is 31.0 Å². The normalized spacial score (nSPS) is 14.8. The lowest BCUT2D eigenvalue weighted by Crippen LogP contribution is -2.42. The van der Waals surface area contributed by atoms with E-state index in [2.05, 4.69) is 13.8 Å². The van der Waals surface area contributed by atoms with Gasteiger partial charge in [0.2, 0.25) is 5.91 Å². The Morgan fingerprint density at radius 1 is 1.06 bits per heavy atom. The summed E-state index contributed by atoms with van der Waals surface area (Å²) < 4.78 is 19.2. The second kappa shape index (κ2) is 12.3. The van der Waals surface area contributed by atoms with Crippen molar-refractivity contribution in [2.45, 2.75) is 78.0 Å². The molecule has 0 saturated heterocycles. The van der Waals surface area contributed by atoms with Crippen molar-refractivity contribution >= 4 is 29.0 Å². The number of carbonyl (C=O) groups is 1. The van der Waals surface area contributed by atoms with Gasteiger partial charge in [0.15, 0.2) is 0 Å². The molecule has 1 amide bonds. The third-order valence-corrected chi connectivity index (χ3v) is 7.32. The maximum atomic E-state index is 14.2. The molecule has 2 aromatic carbocycles. The van der Waals surface area contributed by atoms with E-state index in [0.29, 0.717) is 5.69 Å². The van der Waals surface area contributed by atoms with Crippen LogP contribution in [0, 0.1) is 18.2 Å². The van der Waals surface area contributed by atoms with Crippen LogP contribution >= 0.6 is 11.8 Å². The van der Waals surface area contributed by atoms with Crippen LogP contribution in [-0.4, -0.2) is 18.8 Å². The fourth-order valence-electron chi connectivity index (χ4n) is 4.15. The second-order valence-corrected chi connectivity index (χ2v) is 9.20. The lowest BCUT2D eigenvalue weighted by atomic mass is 9.78. The molecule has 0 atom stereocenters. The van der Waals surface area contributed by atoms with Crippen LogP contribution in [0.1, 0.15) is 71.8 Å². The minimum Gasteiger partial charge on any atom is -0.496 e. The number of halogens is 1. The van der Waals surface area contributed by atoms with Gasteiger partial charge in [0.25, 0.3) is 0 Å². The highest BCUT2D eigenvalue weighted by Crippen LogP contribution is 2.49. The van der Waals surface area contributed by atoms with Crippen molar-refractivity contribution in [1.29, 1.82) is 0 Å². The monoisotopic (exact) mass is 459 g/mol. The molecule has 2 aromatic rings. The number of nitrogens with zero attached hydrogens (tertiary/aromatic N) is 1. The van der Waals surface area contributed by atoms with Gasteiger partial charge in [-0.05, 0) is 61.7 Å². The summed E-state index contributed by atoms with van der Waals surface area (Å²) in [7, 11) is 1.67. The predicted molar refractivity (Wildman–Crippen MR) is 135 cm³/mol. The smallest absolute Gasteiger partial charge is 0.238 e. The number of thioether (sulfide) groups is 1. The van der Waals surface area contributed by atoms with E-state index < -0.39 is 5.41 Å². The molecule has 0 bridgehead atoms. The number of methoxy groups -OCH3 is 1. The Bertz CT molecular complexity index is 874. The van der Waals surface area contributed by atoms with Gasteiger partial charge in [0.1, 0.15) is 11.6 Å². The Morgan fingerprint density at radius 3 is 2.19 bits per heavy atom. The van der Waals surface area contributed by atoms with E-state index in [1.807, 2.05) is 37.8 Å². The maximum Gasteiger partial charge on any atom is 0.238 e. The van der Waals surface area contributed by atoms with Gasteiger partial charge in [-0.1, -0.05) is 53.4 Å². The largest absolute Gasteiger partial charge is 0.496 e. The van der Waals surface area contributed by atoms with Crippen molar-refractivity contribution in [1.82, 2.24) is 0 Å². The molecular formula is C27H38FNO2S. The Morgan fingerprint density at radius 2 is 1.66 bits per heavy atom. The van der Waals surface area contributed by atoms with Crippen molar-refractivity contribution < 1.29 is 13.9 Å². The first-order chi connectivity index (χ1) is 15.5. The van der Waals surface area contributed by atoms with E-state index in [1.165, 1.54) is 12.1 Å². The number of unbranched alkanes of at least 4 members (excludes halogenated alkanes) is 2. The number of amides is 1. The number of hydrogen-bond donors (Lipinski definition) is 0. The Balaban J connectivity index is 0.00000176. The fraction of sp³-hybridized carbons (Fsp3) is 0.519. The van der Waals surface area contributed by atoms with Crippen molar-refractivity contribution in [3.05, 3.63) is 47.8 Å². The Labute approximate surface area is 197 Å². The zero-order valence-corrected chi connectivity index (χ0v) is 21.3. The highest BCUT2D eigenvalue weighted by Gasteiger charge is 2.44. The SMILES string of the molecule is CC.CCCCC1(CCCC)CSc2cc(OC)c(C)cc2N(c2ccc(F)cc2)C1=O. The van der Waals surface area contributed by atoms with Crippen LogP contribution in [0.5, 0.6) is 5.75 Å².